The number of amides is 1. The van der Waals surface area contributed by atoms with E-state index in [2.05, 4.69) is 15.9 Å². The molecule has 0 bridgehead atoms. The maximum Gasteiger partial charge on any atom is 0.343 e. The molecule has 6 heteroatoms. The monoisotopic (exact) mass is 329 g/mol. The van der Waals surface area contributed by atoms with E-state index in [4.69, 9.17) is 5.11 Å². The second kappa shape index (κ2) is 4.92. The van der Waals surface area contributed by atoms with Gasteiger partial charge in [0.1, 0.15) is 0 Å². The minimum absolute atomic E-state index is 0.113. The molecule has 1 heterocycles. The van der Waals surface area contributed by atoms with Crippen LogP contribution in [-0.2, 0) is 4.79 Å². The number of halogens is 2. The summed E-state index contributed by atoms with van der Waals surface area (Å²) in [5.74, 6) is -1.86. The van der Waals surface area contributed by atoms with Crippen molar-refractivity contribution in [2.75, 3.05) is 13.1 Å². The topological polar surface area (TPSA) is 57.6 Å². The van der Waals surface area contributed by atoms with Gasteiger partial charge < -0.3 is 10.0 Å². The fraction of sp³-hybridized carbons (Fsp3) is 0.385. The van der Waals surface area contributed by atoms with Crippen LogP contribution in [0.2, 0.25) is 0 Å². The lowest BCUT2D eigenvalue weighted by Gasteiger charge is -2.18. The van der Waals surface area contributed by atoms with Crippen molar-refractivity contribution in [1.82, 2.24) is 4.90 Å². The first kappa shape index (κ1) is 14.0. The molecule has 1 amide bonds. The average molecular weight is 330 g/mol. The van der Waals surface area contributed by atoms with Gasteiger partial charge in [0, 0.05) is 17.4 Å². The van der Waals surface area contributed by atoms with Crippen molar-refractivity contribution >= 4 is 27.8 Å². The Labute approximate surface area is 118 Å². The van der Waals surface area contributed by atoms with Gasteiger partial charge in [0.15, 0.2) is 0 Å². The number of nitrogens with zero attached hydrogens (tertiary/aromatic N) is 1. The highest BCUT2D eigenvalue weighted by Crippen LogP contribution is 2.28. The molecule has 0 spiro atoms. The molecule has 1 aromatic rings. The number of aliphatic carboxylic acids is 1. The number of likely N-dealkylation sites (tertiary alicyclic amines) is 1. The van der Waals surface area contributed by atoms with Gasteiger partial charge in [-0.1, -0.05) is 6.07 Å². The van der Waals surface area contributed by atoms with Gasteiger partial charge in [0.25, 0.3) is 5.91 Å². The first-order valence-electron chi connectivity index (χ1n) is 5.81. The van der Waals surface area contributed by atoms with E-state index in [0.717, 1.165) is 5.56 Å². The molecule has 4 nitrogen and oxygen atoms in total. The Morgan fingerprint density at radius 2 is 2.16 bits per heavy atom. The summed E-state index contributed by atoms with van der Waals surface area (Å²) in [6, 6.07) is 5.23. The van der Waals surface area contributed by atoms with Crippen LogP contribution >= 0.6 is 15.9 Å². The van der Waals surface area contributed by atoms with Gasteiger partial charge >= 0.3 is 5.97 Å². The van der Waals surface area contributed by atoms with Crippen LogP contribution in [0, 0.1) is 6.92 Å². The molecule has 1 N–H and O–H groups in total. The van der Waals surface area contributed by atoms with Gasteiger partial charge in [-0.25, -0.2) is 9.18 Å². The smallest absolute Gasteiger partial charge is 0.343 e. The van der Waals surface area contributed by atoms with Crippen LogP contribution < -0.4 is 0 Å². The highest BCUT2D eigenvalue weighted by molar-refractivity contribution is 9.10. The van der Waals surface area contributed by atoms with E-state index in [1.54, 1.807) is 18.2 Å². The average Bonchev–Trinajstić information content (AvgIpc) is 2.73. The molecular weight excluding hydrogens is 317 g/mol. The minimum Gasteiger partial charge on any atom is -0.479 e. The fourth-order valence-corrected chi connectivity index (χ4v) is 2.75. The predicted octanol–water partition coefficient (Wildman–Crippen LogP) is 2.40. The molecule has 1 saturated heterocycles. The molecule has 0 aromatic heterocycles. The lowest BCUT2D eigenvalue weighted by molar-refractivity contribution is -0.149. The molecule has 2 rings (SSSR count). The zero-order chi connectivity index (χ0) is 14.2. The summed E-state index contributed by atoms with van der Waals surface area (Å²) >= 11 is 3.29. The van der Waals surface area contributed by atoms with Crippen molar-refractivity contribution in [2.24, 2.45) is 0 Å². The summed E-state index contributed by atoms with van der Waals surface area (Å²) in [4.78, 5) is 24.3. The number of aryl methyl sites for hydroxylation is 1. The standard InChI is InChI=1S/C13H13BrFNO3/c1-8-2-3-9(10(14)6-8)11(17)16-5-4-13(15,7-16)12(18)19/h2-3,6H,4-5,7H2,1H3,(H,18,19). The van der Waals surface area contributed by atoms with Gasteiger partial charge in [0.05, 0.1) is 12.1 Å². The van der Waals surface area contributed by atoms with Crippen LogP contribution in [0.15, 0.2) is 22.7 Å². The Morgan fingerprint density at radius 3 is 2.68 bits per heavy atom. The van der Waals surface area contributed by atoms with Crippen LogP contribution in [0.1, 0.15) is 22.3 Å². The number of alkyl halides is 1. The highest BCUT2D eigenvalue weighted by Gasteiger charge is 2.47. The highest BCUT2D eigenvalue weighted by atomic mass is 79.9. The van der Waals surface area contributed by atoms with Crippen molar-refractivity contribution in [3.05, 3.63) is 33.8 Å². The maximum absolute atomic E-state index is 13.9. The van der Waals surface area contributed by atoms with Crippen molar-refractivity contribution in [2.45, 2.75) is 19.0 Å². The molecule has 1 unspecified atom stereocenters. The van der Waals surface area contributed by atoms with Gasteiger partial charge in [-0.2, -0.15) is 0 Å². The minimum atomic E-state index is -2.33. The van der Waals surface area contributed by atoms with Crippen molar-refractivity contribution < 1.29 is 19.1 Å². The number of carbonyl (C=O) groups excluding carboxylic acids is 1. The number of carbonyl (C=O) groups is 2. The first-order chi connectivity index (χ1) is 8.83. The predicted molar refractivity (Wildman–Crippen MR) is 70.9 cm³/mol. The largest absolute Gasteiger partial charge is 0.479 e. The molecule has 0 saturated carbocycles. The number of hydrogen-bond acceptors (Lipinski definition) is 2. The van der Waals surface area contributed by atoms with Gasteiger partial charge in [-0.3, -0.25) is 4.79 Å². The fourth-order valence-electron chi connectivity index (χ4n) is 2.08. The van der Waals surface area contributed by atoms with E-state index < -0.39 is 18.2 Å². The van der Waals surface area contributed by atoms with Crippen LogP contribution in [0.4, 0.5) is 4.39 Å². The summed E-state index contributed by atoms with van der Waals surface area (Å²) in [5.41, 5.74) is -0.914. The maximum atomic E-state index is 13.9. The SMILES string of the molecule is Cc1ccc(C(=O)N2CCC(F)(C(=O)O)C2)c(Br)c1. The summed E-state index contributed by atoms with van der Waals surface area (Å²) in [5, 5.41) is 8.81. The number of benzene rings is 1. The summed E-state index contributed by atoms with van der Waals surface area (Å²) in [6.45, 7) is 1.61. The third-order valence-electron chi connectivity index (χ3n) is 3.24. The molecule has 102 valence electrons. The van der Waals surface area contributed by atoms with E-state index in [9.17, 15) is 14.0 Å². The van der Waals surface area contributed by atoms with Crippen molar-refractivity contribution in [1.29, 1.82) is 0 Å². The van der Waals surface area contributed by atoms with Crippen LogP contribution in [0.5, 0.6) is 0 Å². The molecule has 1 atom stereocenters. The molecule has 1 aliphatic rings. The van der Waals surface area contributed by atoms with Crippen LogP contribution in [0.25, 0.3) is 0 Å². The molecule has 1 aliphatic heterocycles. The molecule has 19 heavy (non-hydrogen) atoms. The second-order valence-corrected chi connectivity index (χ2v) is 5.58. The van der Waals surface area contributed by atoms with Crippen LogP contribution in [-0.4, -0.2) is 40.6 Å². The Morgan fingerprint density at radius 1 is 1.47 bits per heavy atom. The quantitative estimate of drug-likeness (QED) is 0.906. The lowest BCUT2D eigenvalue weighted by atomic mass is 10.1. The second-order valence-electron chi connectivity index (χ2n) is 4.73. The first-order valence-corrected chi connectivity index (χ1v) is 6.60. The third kappa shape index (κ3) is 2.63. The number of hydrogen-bond donors (Lipinski definition) is 1. The molecule has 1 fully saturated rings. The van der Waals surface area contributed by atoms with Crippen molar-refractivity contribution in [3.63, 3.8) is 0 Å². The Kier molecular flexibility index (Phi) is 3.62. The van der Waals surface area contributed by atoms with Gasteiger partial charge in [-0.05, 0) is 40.5 Å². The van der Waals surface area contributed by atoms with E-state index >= 15 is 0 Å². The Balaban J connectivity index is 2.20. The molecule has 1 aromatic carbocycles. The Bertz CT molecular complexity index is 549. The van der Waals surface area contributed by atoms with E-state index in [1.165, 1.54) is 4.90 Å². The van der Waals surface area contributed by atoms with E-state index in [0.29, 0.717) is 10.0 Å². The van der Waals surface area contributed by atoms with Crippen LogP contribution in [0.3, 0.4) is 0 Å². The molecule has 0 aliphatic carbocycles. The number of carboxylic acids is 1. The van der Waals surface area contributed by atoms with E-state index in [1.807, 2.05) is 6.92 Å². The number of rotatable bonds is 2. The van der Waals surface area contributed by atoms with Crippen molar-refractivity contribution in [3.8, 4) is 0 Å². The summed E-state index contributed by atoms with van der Waals surface area (Å²) in [7, 11) is 0. The normalized spacial score (nSPS) is 22.6. The lowest BCUT2D eigenvalue weighted by Crippen LogP contribution is -2.39. The van der Waals surface area contributed by atoms with Gasteiger partial charge in [-0.15, -0.1) is 0 Å². The zero-order valence-corrected chi connectivity index (χ0v) is 11.9. The molecular formula is C13H13BrFNO3. The summed E-state index contributed by atoms with van der Waals surface area (Å²) < 4.78 is 14.5. The third-order valence-corrected chi connectivity index (χ3v) is 3.90. The Hall–Kier alpha value is -1.43. The number of carboxylic acid groups (broad SMARTS) is 1. The molecule has 0 radical (unpaired) electrons. The van der Waals surface area contributed by atoms with Gasteiger partial charge in [0.2, 0.25) is 5.67 Å². The van der Waals surface area contributed by atoms with E-state index in [-0.39, 0.29) is 18.9 Å². The zero-order valence-electron chi connectivity index (χ0n) is 10.3. The summed E-state index contributed by atoms with van der Waals surface area (Å²) in [6.07, 6.45) is -0.169.